The van der Waals surface area contributed by atoms with Crippen molar-refractivity contribution in [2.45, 2.75) is 12.5 Å². The molecule has 0 aliphatic carbocycles. The molecule has 176 valence electrons. The van der Waals surface area contributed by atoms with Crippen LogP contribution in [0.25, 0.3) is 0 Å². The van der Waals surface area contributed by atoms with Crippen molar-refractivity contribution in [3.05, 3.63) is 42.2 Å². The van der Waals surface area contributed by atoms with Crippen LogP contribution in [0.5, 0.6) is 5.75 Å². The van der Waals surface area contributed by atoms with Gasteiger partial charge in [0.05, 0.1) is 32.3 Å². The highest BCUT2D eigenvalue weighted by Gasteiger charge is 2.42. The van der Waals surface area contributed by atoms with Crippen LogP contribution < -0.4 is 19.9 Å². The molecule has 1 amide bonds. The summed E-state index contributed by atoms with van der Waals surface area (Å²) >= 11 is 0. The van der Waals surface area contributed by atoms with Gasteiger partial charge < -0.3 is 24.6 Å². The van der Waals surface area contributed by atoms with Gasteiger partial charge in [0.25, 0.3) is 0 Å². The van der Waals surface area contributed by atoms with Crippen LogP contribution in [0, 0.1) is 5.92 Å². The van der Waals surface area contributed by atoms with Crippen molar-refractivity contribution in [2.75, 3.05) is 75.9 Å². The van der Waals surface area contributed by atoms with Crippen molar-refractivity contribution < 1.29 is 14.3 Å². The lowest BCUT2D eigenvalue weighted by Gasteiger charge is -2.49. The Bertz CT molecular complexity index is 952. The number of methoxy groups -OCH3 is 1. The maximum Gasteiger partial charge on any atom is 0.225 e. The first-order chi connectivity index (χ1) is 16.2. The maximum absolute atomic E-state index is 13.4. The van der Waals surface area contributed by atoms with Crippen LogP contribution in [-0.4, -0.2) is 93.0 Å². The lowest BCUT2D eigenvalue weighted by Crippen LogP contribution is -2.61. The number of amides is 1. The number of morpholine rings is 1. The summed E-state index contributed by atoms with van der Waals surface area (Å²) in [7, 11) is 1.69. The number of carbonyl (C=O) groups is 1. The van der Waals surface area contributed by atoms with Gasteiger partial charge in [-0.3, -0.25) is 9.69 Å². The zero-order chi connectivity index (χ0) is 22.6. The molecule has 1 N–H and O–H groups in total. The Balaban J connectivity index is 1.34. The van der Waals surface area contributed by atoms with Gasteiger partial charge in [0, 0.05) is 70.0 Å². The number of rotatable bonds is 6. The number of ether oxygens (including phenoxy) is 2. The highest BCUT2D eigenvalue weighted by Crippen LogP contribution is 2.38. The standard InChI is InChI=1S/C24H32N6O3/c1-32-19-4-3-18-15-20(23(31)25-7-8-28-11-13-33-14-12-28)22-17-29(24-26-5-2-6-27-24)9-10-30(22)21(18)16-19/h2-6,16,20,22H,7-15,17H2,1H3,(H,25,31)/t20-,22-/m1/s1. The monoisotopic (exact) mass is 452 g/mol. The predicted octanol–water partition coefficient (Wildman–Crippen LogP) is 0.801. The highest BCUT2D eigenvalue weighted by atomic mass is 16.5. The minimum atomic E-state index is -0.137. The highest BCUT2D eigenvalue weighted by molar-refractivity contribution is 5.82. The van der Waals surface area contributed by atoms with Crippen LogP contribution in [0.1, 0.15) is 5.56 Å². The first-order valence-corrected chi connectivity index (χ1v) is 11.8. The Morgan fingerprint density at radius 3 is 2.79 bits per heavy atom. The number of aromatic nitrogens is 2. The van der Waals surface area contributed by atoms with Crippen molar-refractivity contribution in [3.63, 3.8) is 0 Å². The van der Waals surface area contributed by atoms with Crippen molar-refractivity contribution in [3.8, 4) is 5.75 Å². The van der Waals surface area contributed by atoms with E-state index in [1.54, 1.807) is 19.5 Å². The van der Waals surface area contributed by atoms with Gasteiger partial charge in [0.1, 0.15) is 5.75 Å². The summed E-state index contributed by atoms with van der Waals surface area (Å²) < 4.78 is 10.9. The Kier molecular flexibility index (Phi) is 6.59. The molecule has 4 heterocycles. The van der Waals surface area contributed by atoms with E-state index in [2.05, 4.69) is 42.1 Å². The molecular formula is C24H32N6O3. The molecule has 9 nitrogen and oxygen atoms in total. The average Bonchev–Trinajstić information content (AvgIpc) is 2.88. The van der Waals surface area contributed by atoms with E-state index in [0.29, 0.717) is 19.5 Å². The number of hydrogen-bond donors (Lipinski definition) is 1. The molecule has 9 heteroatoms. The molecule has 2 atom stereocenters. The summed E-state index contributed by atoms with van der Waals surface area (Å²) in [5.41, 5.74) is 2.37. The number of fused-ring (bicyclic) bond motifs is 3. The normalized spacial score (nSPS) is 22.9. The average molecular weight is 453 g/mol. The lowest BCUT2D eigenvalue weighted by atomic mass is 9.83. The number of nitrogens with one attached hydrogen (secondary N) is 1. The maximum atomic E-state index is 13.4. The van der Waals surface area contributed by atoms with Crippen molar-refractivity contribution in [2.24, 2.45) is 5.92 Å². The van der Waals surface area contributed by atoms with E-state index in [4.69, 9.17) is 9.47 Å². The Morgan fingerprint density at radius 2 is 2.00 bits per heavy atom. The summed E-state index contributed by atoms with van der Waals surface area (Å²) in [6, 6.07) is 8.06. The van der Waals surface area contributed by atoms with Crippen LogP contribution in [0.4, 0.5) is 11.6 Å². The molecule has 0 radical (unpaired) electrons. The van der Waals surface area contributed by atoms with Gasteiger partial charge in [-0.1, -0.05) is 6.07 Å². The molecule has 33 heavy (non-hydrogen) atoms. The molecule has 1 aromatic carbocycles. The van der Waals surface area contributed by atoms with E-state index in [1.165, 1.54) is 11.3 Å². The van der Waals surface area contributed by atoms with Gasteiger partial charge in [-0.25, -0.2) is 9.97 Å². The van der Waals surface area contributed by atoms with Gasteiger partial charge >= 0.3 is 0 Å². The minimum Gasteiger partial charge on any atom is -0.497 e. The SMILES string of the molecule is COc1ccc2c(c1)N1CCN(c3ncccn3)C[C@@H]1[C@H](C(=O)NCCN1CCOCC1)C2. The van der Waals surface area contributed by atoms with Gasteiger partial charge in [0.2, 0.25) is 11.9 Å². The largest absolute Gasteiger partial charge is 0.497 e. The number of benzene rings is 1. The molecular weight excluding hydrogens is 420 g/mol. The number of hydrogen-bond acceptors (Lipinski definition) is 8. The molecule has 0 spiro atoms. The zero-order valence-electron chi connectivity index (χ0n) is 19.2. The van der Waals surface area contributed by atoms with E-state index in [1.807, 2.05) is 12.1 Å². The molecule has 2 aromatic rings. The molecule has 3 aliphatic rings. The zero-order valence-corrected chi connectivity index (χ0v) is 19.2. The fraction of sp³-hybridized carbons (Fsp3) is 0.542. The predicted molar refractivity (Wildman–Crippen MR) is 126 cm³/mol. The molecule has 2 saturated heterocycles. The number of anilines is 2. The van der Waals surface area contributed by atoms with E-state index in [0.717, 1.165) is 57.6 Å². The quantitative estimate of drug-likeness (QED) is 0.689. The van der Waals surface area contributed by atoms with Crippen LogP contribution in [0.3, 0.4) is 0 Å². The van der Waals surface area contributed by atoms with Gasteiger partial charge in [-0.15, -0.1) is 0 Å². The summed E-state index contributed by atoms with van der Waals surface area (Å²) in [5, 5.41) is 3.22. The third-order valence-corrected chi connectivity index (χ3v) is 6.93. The molecule has 0 unspecified atom stereocenters. The molecule has 0 saturated carbocycles. The molecule has 1 aromatic heterocycles. The molecule has 2 fully saturated rings. The van der Waals surface area contributed by atoms with Crippen LogP contribution in [0.15, 0.2) is 36.7 Å². The van der Waals surface area contributed by atoms with E-state index in [-0.39, 0.29) is 17.9 Å². The number of nitrogens with zero attached hydrogens (tertiary/aromatic N) is 5. The second kappa shape index (κ2) is 9.93. The minimum absolute atomic E-state index is 0.0468. The topological polar surface area (TPSA) is 83.1 Å². The van der Waals surface area contributed by atoms with E-state index < -0.39 is 0 Å². The molecule has 5 rings (SSSR count). The van der Waals surface area contributed by atoms with Crippen molar-refractivity contribution in [1.29, 1.82) is 0 Å². The lowest BCUT2D eigenvalue weighted by molar-refractivity contribution is -0.125. The first kappa shape index (κ1) is 21.9. The van der Waals surface area contributed by atoms with Crippen LogP contribution in [0.2, 0.25) is 0 Å². The Labute approximate surface area is 194 Å². The van der Waals surface area contributed by atoms with Gasteiger partial charge in [0.15, 0.2) is 0 Å². The summed E-state index contributed by atoms with van der Waals surface area (Å²) in [6.07, 6.45) is 4.25. The summed E-state index contributed by atoms with van der Waals surface area (Å²) in [4.78, 5) is 29.2. The summed E-state index contributed by atoms with van der Waals surface area (Å²) in [5.74, 6) is 1.55. The van der Waals surface area contributed by atoms with Gasteiger partial charge in [-0.2, -0.15) is 0 Å². The fourth-order valence-corrected chi connectivity index (χ4v) is 5.13. The second-order valence-electron chi connectivity index (χ2n) is 8.81. The third-order valence-electron chi connectivity index (χ3n) is 6.93. The van der Waals surface area contributed by atoms with Crippen LogP contribution >= 0.6 is 0 Å². The first-order valence-electron chi connectivity index (χ1n) is 11.8. The second-order valence-corrected chi connectivity index (χ2v) is 8.81. The van der Waals surface area contributed by atoms with E-state index >= 15 is 0 Å². The molecule has 3 aliphatic heterocycles. The Hall–Kier alpha value is -2.91. The smallest absolute Gasteiger partial charge is 0.225 e. The number of carbonyl (C=O) groups excluding carboxylic acids is 1. The van der Waals surface area contributed by atoms with Crippen molar-refractivity contribution in [1.82, 2.24) is 20.2 Å². The molecule has 0 bridgehead atoms. The fourth-order valence-electron chi connectivity index (χ4n) is 5.13. The summed E-state index contributed by atoms with van der Waals surface area (Å²) in [6.45, 7) is 7.23. The van der Waals surface area contributed by atoms with Crippen LogP contribution in [-0.2, 0) is 16.0 Å². The van der Waals surface area contributed by atoms with E-state index in [9.17, 15) is 4.79 Å². The van der Waals surface area contributed by atoms with Crippen molar-refractivity contribution >= 4 is 17.5 Å². The number of piperazine rings is 1. The Morgan fingerprint density at radius 1 is 1.18 bits per heavy atom. The van der Waals surface area contributed by atoms with Gasteiger partial charge in [-0.05, 0) is 24.1 Å². The third kappa shape index (κ3) is 4.74.